The molecule has 1 fully saturated rings. The first-order chi connectivity index (χ1) is 16.0. The molecule has 9 nitrogen and oxygen atoms in total. The summed E-state index contributed by atoms with van der Waals surface area (Å²) in [6.45, 7) is 1.64. The predicted molar refractivity (Wildman–Crippen MR) is 120 cm³/mol. The molecule has 2 unspecified atom stereocenters. The molecule has 2 atom stereocenters. The summed E-state index contributed by atoms with van der Waals surface area (Å²) in [6.07, 6.45) is 5.18. The Balaban J connectivity index is 1.36. The van der Waals surface area contributed by atoms with Gasteiger partial charge in [-0.15, -0.1) is 0 Å². The minimum Gasteiger partial charge on any atom is -0.497 e. The normalized spacial score (nSPS) is 18.9. The molecule has 168 valence electrons. The van der Waals surface area contributed by atoms with Crippen molar-refractivity contribution < 1.29 is 14.3 Å². The van der Waals surface area contributed by atoms with Crippen LogP contribution in [0.15, 0.2) is 59.8 Å². The van der Waals surface area contributed by atoms with Crippen LogP contribution in [0.4, 0.5) is 5.69 Å². The highest BCUT2D eigenvalue weighted by Gasteiger charge is 2.37. The Morgan fingerprint density at radius 3 is 2.61 bits per heavy atom. The van der Waals surface area contributed by atoms with E-state index < -0.39 is 5.91 Å². The molecule has 2 aliphatic rings. The first kappa shape index (κ1) is 20.9. The van der Waals surface area contributed by atoms with Crippen molar-refractivity contribution in [3.63, 3.8) is 0 Å². The van der Waals surface area contributed by atoms with Gasteiger partial charge in [-0.1, -0.05) is 0 Å². The van der Waals surface area contributed by atoms with E-state index in [1.807, 2.05) is 11.0 Å². The molecule has 2 amide bonds. The van der Waals surface area contributed by atoms with Gasteiger partial charge >= 0.3 is 0 Å². The lowest BCUT2D eigenvalue weighted by molar-refractivity contribution is 0.0594. The number of carbonyl (C=O) groups is 2. The molecule has 9 heteroatoms. The second-order valence-electron chi connectivity index (χ2n) is 8.37. The van der Waals surface area contributed by atoms with Crippen LogP contribution in [0.1, 0.15) is 38.9 Å². The number of piperidine rings is 1. The number of amides is 2. The molecule has 1 aromatic carbocycles. The first-order valence-electron chi connectivity index (χ1n) is 10.8. The summed E-state index contributed by atoms with van der Waals surface area (Å²) in [7, 11) is 1.59. The summed E-state index contributed by atoms with van der Waals surface area (Å²) < 4.78 is 6.91. The summed E-state index contributed by atoms with van der Waals surface area (Å²) in [4.78, 5) is 48.3. The summed E-state index contributed by atoms with van der Waals surface area (Å²) in [5.41, 5.74) is 1.62. The minimum atomic E-state index is -0.479. The van der Waals surface area contributed by atoms with Crippen LogP contribution in [0.25, 0.3) is 0 Å². The second kappa shape index (κ2) is 8.50. The van der Waals surface area contributed by atoms with Gasteiger partial charge in [0.1, 0.15) is 17.1 Å². The molecule has 0 saturated carbocycles. The Labute approximate surface area is 190 Å². The Bertz CT molecular complexity index is 1260. The standard InChI is InChI=1S/C24H23N5O4/c1-33-18-4-2-16(3-5-18)23(31)28-12-15-10-17(14-28)21-7-6-19(24(32)29(21)13-15)27-22(30)20-11-25-8-9-26-20/h2-9,11,15,17H,10,12-14H2,1H3,(H,27,30). The van der Waals surface area contributed by atoms with E-state index in [0.29, 0.717) is 30.9 Å². The molecule has 33 heavy (non-hydrogen) atoms. The molecule has 0 aliphatic carbocycles. The summed E-state index contributed by atoms with van der Waals surface area (Å²) >= 11 is 0. The summed E-state index contributed by atoms with van der Waals surface area (Å²) in [5.74, 6) is 0.445. The van der Waals surface area contributed by atoms with E-state index in [1.165, 1.54) is 18.6 Å². The van der Waals surface area contributed by atoms with Gasteiger partial charge in [0.05, 0.1) is 13.3 Å². The number of carbonyl (C=O) groups excluding carboxylic acids is 2. The van der Waals surface area contributed by atoms with Crippen LogP contribution in [-0.2, 0) is 6.54 Å². The van der Waals surface area contributed by atoms with E-state index >= 15 is 0 Å². The van der Waals surface area contributed by atoms with Gasteiger partial charge < -0.3 is 19.5 Å². The SMILES string of the molecule is COc1ccc(C(=O)N2CC3CC(C2)c2ccc(NC(=O)c4cnccn4)c(=O)n2C3)cc1. The van der Waals surface area contributed by atoms with Crippen molar-refractivity contribution in [2.75, 3.05) is 25.5 Å². The summed E-state index contributed by atoms with van der Waals surface area (Å²) in [5, 5.41) is 2.65. The fraction of sp³-hybridized carbons (Fsp3) is 0.292. The van der Waals surface area contributed by atoms with E-state index in [0.717, 1.165) is 12.1 Å². The Morgan fingerprint density at radius 2 is 1.88 bits per heavy atom. The van der Waals surface area contributed by atoms with Crippen molar-refractivity contribution in [1.29, 1.82) is 0 Å². The maximum absolute atomic E-state index is 13.1. The number of benzene rings is 1. The molecule has 2 bridgehead atoms. The molecule has 4 heterocycles. The molecule has 1 N–H and O–H groups in total. The zero-order chi connectivity index (χ0) is 22.9. The number of nitrogens with one attached hydrogen (secondary N) is 1. The lowest BCUT2D eigenvalue weighted by Crippen LogP contribution is -2.49. The third-order valence-corrected chi connectivity index (χ3v) is 6.27. The third kappa shape index (κ3) is 3.97. The Hall–Kier alpha value is -4.01. The maximum Gasteiger partial charge on any atom is 0.276 e. The number of pyridine rings is 1. The highest BCUT2D eigenvalue weighted by molar-refractivity contribution is 6.02. The molecule has 2 aliphatic heterocycles. The van der Waals surface area contributed by atoms with E-state index in [-0.39, 0.29) is 34.7 Å². The number of rotatable bonds is 4. The average Bonchev–Trinajstić information content (AvgIpc) is 2.86. The molecule has 0 spiro atoms. The second-order valence-corrected chi connectivity index (χ2v) is 8.37. The Kier molecular flexibility index (Phi) is 5.37. The number of ether oxygens (including phenoxy) is 1. The van der Waals surface area contributed by atoms with Crippen LogP contribution in [0.2, 0.25) is 0 Å². The van der Waals surface area contributed by atoms with Gasteiger partial charge in [-0.05, 0) is 48.7 Å². The van der Waals surface area contributed by atoms with Crippen LogP contribution >= 0.6 is 0 Å². The number of anilines is 1. The van der Waals surface area contributed by atoms with E-state index in [2.05, 4.69) is 15.3 Å². The fourth-order valence-corrected chi connectivity index (χ4v) is 4.73. The van der Waals surface area contributed by atoms with E-state index in [9.17, 15) is 14.4 Å². The van der Waals surface area contributed by atoms with Crippen molar-refractivity contribution in [1.82, 2.24) is 19.4 Å². The van der Waals surface area contributed by atoms with Crippen molar-refractivity contribution >= 4 is 17.5 Å². The number of hydrogen-bond donors (Lipinski definition) is 1. The van der Waals surface area contributed by atoms with Crippen molar-refractivity contribution in [3.05, 3.63) is 82.3 Å². The predicted octanol–water partition coefficient (Wildman–Crippen LogP) is 2.16. The number of likely N-dealkylation sites (tertiary alicyclic amines) is 1. The van der Waals surface area contributed by atoms with Gasteiger partial charge in [0.15, 0.2) is 0 Å². The van der Waals surface area contributed by atoms with Gasteiger partial charge in [0.25, 0.3) is 17.4 Å². The number of methoxy groups -OCH3 is 1. The monoisotopic (exact) mass is 445 g/mol. The van der Waals surface area contributed by atoms with Gasteiger partial charge in [-0.3, -0.25) is 19.4 Å². The molecule has 0 radical (unpaired) electrons. The highest BCUT2D eigenvalue weighted by atomic mass is 16.5. The lowest BCUT2D eigenvalue weighted by Gasteiger charge is -2.43. The molecule has 2 aromatic heterocycles. The average molecular weight is 445 g/mol. The topological polar surface area (TPSA) is 106 Å². The van der Waals surface area contributed by atoms with Crippen LogP contribution in [0, 0.1) is 5.92 Å². The van der Waals surface area contributed by atoms with Crippen molar-refractivity contribution in [2.24, 2.45) is 5.92 Å². The third-order valence-electron chi connectivity index (χ3n) is 6.27. The van der Waals surface area contributed by atoms with Crippen molar-refractivity contribution in [3.8, 4) is 5.75 Å². The highest BCUT2D eigenvalue weighted by Crippen LogP contribution is 2.36. The number of fused-ring (bicyclic) bond motifs is 4. The zero-order valence-corrected chi connectivity index (χ0v) is 18.1. The smallest absolute Gasteiger partial charge is 0.276 e. The largest absolute Gasteiger partial charge is 0.497 e. The number of aromatic nitrogens is 3. The molecule has 5 rings (SSSR count). The molecular weight excluding hydrogens is 422 g/mol. The Morgan fingerprint density at radius 1 is 1.06 bits per heavy atom. The minimum absolute atomic E-state index is 0.0176. The van der Waals surface area contributed by atoms with Gasteiger partial charge in [0.2, 0.25) is 0 Å². The van der Waals surface area contributed by atoms with E-state index in [1.54, 1.807) is 42.0 Å². The summed E-state index contributed by atoms with van der Waals surface area (Å²) in [6, 6.07) is 10.6. The lowest BCUT2D eigenvalue weighted by atomic mass is 9.83. The number of nitrogens with zero attached hydrogens (tertiary/aromatic N) is 4. The number of hydrogen-bond acceptors (Lipinski definition) is 6. The maximum atomic E-state index is 13.1. The first-order valence-corrected chi connectivity index (χ1v) is 10.8. The van der Waals surface area contributed by atoms with E-state index in [4.69, 9.17) is 4.74 Å². The van der Waals surface area contributed by atoms with Crippen LogP contribution in [-0.4, -0.2) is 51.4 Å². The van der Waals surface area contributed by atoms with Gasteiger partial charge in [-0.25, -0.2) is 4.98 Å². The van der Waals surface area contributed by atoms with Gasteiger partial charge in [-0.2, -0.15) is 0 Å². The quantitative estimate of drug-likeness (QED) is 0.660. The molecule has 3 aromatic rings. The van der Waals surface area contributed by atoms with Crippen molar-refractivity contribution in [2.45, 2.75) is 18.9 Å². The molecule has 1 saturated heterocycles. The fourth-order valence-electron chi connectivity index (χ4n) is 4.73. The van der Waals surface area contributed by atoms with Crippen LogP contribution < -0.4 is 15.6 Å². The van der Waals surface area contributed by atoms with Crippen LogP contribution in [0.3, 0.4) is 0 Å². The molecular formula is C24H23N5O4. The van der Waals surface area contributed by atoms with Gasteiger partial charge in [0, 0.05) is 49.2 Å². The zero-order valence-electron chi connectivity index (χ0n) is 18.1. The van der Waals surface area contributed by atoms with Crippen LogP contribution in [0.5, 0.6) is 5.75 Å².